The Labute approximate surface area is 162 Å². The van der Waals surface area contributed by atoms with E-state index in [0.29, 0.717) is 12.1 Å². The molecule has 2 aromatic carbocycles. The predicted molar refractivity (Wildman–Crippen MR) is 101 cm³/mol. The lowest BCUT2D eigenvalue weighted by Gasteiger charge is -2.23. The topological polar surface area (TPSA) is 57.7 Å². The van der Waals surface area contributed by atoms with Gasteiger partial charge in [-0.25, -0.2) is 4.39 Å². The number of hydrogen-bond acceptors (Lipinski definition) is 3. The zero-order valence-corrected chi connectivity index (χ0v) is 15.4. The lowest BCUT2D eigenvalue weighted by atomic mass is 10.1. The second-order valence-corrected chi connectivity index (χ2v) is 7.36. The average molecular weight is 380 g/mol. The summed E-state index contributed by atoms with van der Waals surface area (Å²) in [7, 11) is 0. The summed E-state index contributed by atoms with van der Waals surface area (Å²) < 4.78 is 13.1. The molecule has 1 aliphatic heterocycles. The van der Waals surface area contributed by atoms with E-state index < -0.39 is 0 Å². The Morgan fingerprint density at radius 3 is 2.07 bits per heavy atom. The van der Waals surface area contributed by atoms with Crippen molar-refractivity contribution < 1.29 is 18.8 Å². The number of rotatable bonds is 6. The molecule has 1 aliphatic carbocycles. The lowest BCUT2D eigenvalue weighted by Crippen LogP contribution is -2.32. The van der Waals surface area contributed by atoms with Crippen molar-refractivity contribution in [2.24, 2.45) is 0 Å². The Morgan fingerprint density at radius 2 is 1.50 bits per heavy atom. The molecule has 6 heteroatoms. The molecule has 0 bridgehead atoms. The van der Waals surface area contributed by atoms with E-state index in [1.54, 1.807) is 36.4 Å². The van der Waals surface area contributed by atoms with Crippen molar-refractivity contribution in [2.45, 2.75) is 44.8 Å². The molecule has 1 saturated heterocycles. The van der Waals surface area contributed by atoms with Gasteiger partial charge in [0.1, 0.15) is 5.82 Å². The quantitative estimate of drug-likeness (QED) is 0.723. The van der Waals surface area contributed by atoms with Gasteiger partial charge in [0, 0.05) is 31.0 Å². The van der Waals surface area contributed by atoms with Gasteiger partial charge in [0.25, 0.3) is 5.91 Å². The molecule has 2 fully saturated rings. The third kappa shape index (κ3) is 3.96. The van der Waals surface area contributed by atoms with Gasteiger partial charge in [-0.3, -0.25) is 19.3 Å². The van der Waals surface area contributed by atoms with Crippen molar-refractivity contribution in [3.63, 3.8) is 0 Å². The minimum Gasteiger partial charge on any atom is -0.331 e. The van der Waals surface area contributed by atoms with Crippen molar-refractivity contribution in [2.75, 3.05) is 0 Å². The van der Waals surface area contributed by atoms with Crippen LogP contribution in [0, 0.1) is 5.82 Å². The van der Waals surface area contributed by atoms with Gasteiger partial charge in [-0.2, -0.15) is 0 Å². The van der Waals surface area contributed by atoms with Gasteiger partial charge in [-0.05, 0) is 48.2 Å². The van der Waals surface area contributed by atoms with Crippen molar-refractivity contribution in [3.05, 3.63) is 71.0 Å². The number of amides is 3. The smallest absolute Gasteiger partial charge is 0.254 e. The highest BCUT2D eigenvalue weighted by atomic mass is 19.1. The Balaban J connectivity index is 1.46. The lowest BCUT2D eigenvalue weighted by molar-refractivity contribution is -0.139. The molecule has 2 aromatic rings. The van der Waals surface area contributed by atoms with Gasteiger partial charge in [-0.15, -0.1) is 0 Å². The van der Waals surface area contributed by atoms with Gasteiger partial charge >= 0.3 is 0 Å². The van der Waals surface area contributed by atoms with Crippen LogP contribution in [-0.4, -0.2) is 33.6 Å². The molecular formula is C22H21FN2O3. The van der Waals surface area contributed by atoms with E-state index >= 15 is 0 Å². The van der Waals surface area contributed by atoms with Gasteiger partial charge in [0.05, 0.1) is 6.54 Å². The van der Waals surface area contributed by atoms with Crippen LogP contribution in [0.15, 0.2) is 48.5 Å². The van der Waals surface area contributed by atoms with Crippen LogP contribution < -0.4 is 0 Å². The summed E-state index contributed by atoms with van der Waals surface area (Å²) in [5.74, 6) is -0.654. The number of benzene rings is 2. The van der Waals surface area contributed by atoms with Crippen LogP contribution >= 0.6 is 0 Å². The summed E-state index contributed by atoms with van der Waals surface area (Å²) in [5, 5.41) is 0. The van der Waals surface area contributed by atoms with Crippen molar-refractivity contribution in [3.8, 4) is 0 Å². The number of nitrogens with zero attached hydrogens (tertiary/aromatic N) is 2. The Hall–Kier alpha value is -3.02. The summed E-state index contributed by atoms with van der Waals surface area (Å²) in [5.41, 5.74) is 2.28. The van der Waals surface area contributed by atoms with E-state index in [-0.39, 0.29) is 49.0 Å². The SMILES string of the molecule is O=C1CCC(=O)N1Cc1ccc(C(=O)N(Cc2ccc(F)cc2)C2CC2)cc1. The fraction of sp³-hybridized carbons (Fsp3) is 0.318. The van der Waals surface area contributed by atoms with Crippen molar-refractivity contribution in [1.82, 2.24) is 9.80 Å². The molecule has 28 heavy (non-hydrogen) atoms. The first-order valence-corrected chi connectivity index (χ1v) is 9.49. The van der Waals surface area contributed by atoms with Crippen LogP contribution in [0.4, 0.5) is 4.39 Å². The Bertz CT molecular complexity index is 888. The van der Waals surface area contributed by atoms with Crippen LogP contribution in [0.25, 0.3) is 0 Å². The maximum Gasteiger partial charge on any atom is 0.254 e. The molecule has 1 saturated carbocycles. The average Bonchev–Trinajstić information content (AvgIpc) is 3.50. The van der Waals surface area contributed by atoms with Crippen LogP contribution in [0.2, 0.25) is 0 Å². The molecule has 0 atom stereocenters. The van der Waals surface area contributed by atoms with Gasteiger partial charge in [-0.1, -0.05) is 24.3 Å². The summed E-state index contributed by atoms with van der Waals surface area (Å²) in [4.78, 5) is 39.6. The third-order valence-electron chi connectivity index (χ3n) is 5.21. The first-order chi connectivity index (χ1) is 13.5. The second kappa shape index (κ2) is 7.54. The molecule has 0 radical (unpaired) electrons. The summed E-state index contributed by atoms with van der Waals surface area (Å²) in [6, 6.07) is 13.5. The number of carbonyl (C=O) groups excluding carboxylic acids is 3. The summed E-state index contributed by atoms with van der Waals surface area (Å²) in [6.07, 6.45) is 2.50. The minimum atomic E-state index is -0.293. The van der Waals surface area contributed by atoms with E-state index in [4.69, 9.17) is 0 Å². The first-order valence-electron chi connectivity index (χ1n) is 9.49. The molecule has 3 amide bonds. The molecule has 0 aromatic heterocycles. The molecule has 5 nitrogen and oxygen atoms in total. The van der Waals surface area contributed by atoms with E-state index in [0.717, 1.165) is 24.0 Å². The zero-order chi connectivity index (χ0) is 19.7. The number of carbonyl (C=O) groups is 3. The second-order valence-electron chi connectivity index (χ2n) is 7.36. The van der Waals surface area contributed by atoms with Crippen molar-refractivity contribution >= 4 is 17.7 Å². The largest absolute Gasteiger partial charge is 0.331 e. The molecule has 4 rings (SSSR count). The number of imide groups is 1. The van der Waals surface area contributed by atoms with Crippen LogP contribution in [0.3, 0.4) is 0 Å². The van der Waals surface area contributed by atoms with E-state index in [1.807, 2.05) is 4.90 Å². The highest BCUT2D eigenvalue weighted by molar-refractivity contribution is 6.01. The predicted octanol–water partition coefficient (Wildman–Crippen LogP) is 3.28. The van der Waals surface area contributed by atoms with Gasteiger partial charge in [0.15, 0.2) is 0 Å². The molecule has 1 heterocycles. The fourth-order valence-corrected chi connectivity index (χ4v) is 3.44. The molecule has 0 unspecified atom stereocenters. The van der Waals surface area contributed by atoms with E-state index in [9.17, 15) is 18.8 Å². The number of likely N-dealkylation sites (tertiary alicyclic amines) is 1. The monoisotopic (exact) mass is 380 g/mol. The number of halogens is 1. The Kier molecular flexibility index (Phi) is 4.94. The zero-order valence-electron chi connectivity index (χ0n) is 15.4. The fourth-order valence-electron chi connectivity index (χ4n) is 3.44. The van der Waals surface area contributed by atoms with E-state index in [1.165, 1.54) is 17.0 Å². The summed E-state index contributed by atoms with van der Waals surface area (Å²) in [6.45, 7) is 0.691. The first kappa shape index (κ1) is 18.3. The van der Waals surface area contributed by atoms with Crippen LogP contribution in [0.5, 0.6) is 0 Å². The van der Waals surface area contributed by atoms with Gasteiger partial charge < -0.3 is 4.90 Å². The molecule has 2 aliphatic rings. The maximum absolute atomic E-state index is 13.1. The van der Waals surface area contributed by atoms with Crippen LogP contribution in [0.1, 0.15) is 47.2 Å². The maximum atomic E-state index is 13.1. The molecule has 0 N–H and O–H groups in total. The van der Waals surface area contributed by atoms with Crippen molar-refractivity contribution in [1.29, 1.82) is 0 Å². The number of hydrogen-bond donors (Lipinski definition) is 0. The highest BCUT2D eigenvalue weighted by Crippen LogP contribution is 2.30. The molecular weight excluding hydrogens is 359 g/mol. The third-order valence-corrected chi connectivity index (χ3v) is 5.21. The van der Waals surface area contributed by atoms with E-state index in [2.05, 4.69) is 0 Å². The van der Waals surface area contributed by atoms with Crippen LogP contribution in [-0.2, 0) is 22.7 Å². The van der Waals surface area contributed by atoms with Gasteiger partial charge in [0.2, 0.25) is 11.8 Å². The minimum absolute atomic E-state index is 0.0632. The Morgan fingerprint density at radius 1 is 0.929 bits per heavy atom. The highest BCUT2D eigenvalue weighted by Gasteiger charge is 2.33. The molecule has 0 spiro atoms. The standard InChI is InChI=1S/C22H21FN2O3/c23-18-7-3-16(4-8-18)13-24(19-9-10-19)22(28)17-5-1-15(2-6-17)14-25-20(26)11-12-21(25)27/h1-8,19H,9-14H2. The normalized spacial score (nSPS) is 16.5. The summed E-state index contributed by atoms with van der Waals surface area (Å²) >= 11 is 0. The molecule has 144 valence electrons.